The molecule has 0 N–H and O–H groups in total. The van der Waals surface area contributed by atoms with Gasteiger partial charge >= 0.3 is 5.00 Å². The maximum Gasteiger partial charge on any atom is 0.324 e. The topological polar surface area (TPSA) is 65.3 Å². The Morgan fingerprint density at radius 2 is 2.29 bits per heavy atom. The Kier molecular flexibility index (Phi) is 3.26. The number of methoxy groups -OCH3 is 1. The summed E-state index contributed by atoms with van der Waals surface area (Å²) in [4.78, 5) is 14.8. The third-order valence-corrected chi connectivity index (χ3v) is 3.45. The zero-order valence-corrected chi connectivity index (χ0v) is 10.3. The van der Waals surface area contributed by atoms with Gasteiger partial charge in [-0.3, -0.25) is 10.1 Å². The van der Waals surface area contributed by atoms with E-state index < -0.39 is 4.92 Å². The number of nitro groups is 1. The molecule has 2 heterocycles. The van der Waals surface area contributed by atoms with E-state index in [1.807, 2.05) is 0 Å². The molecule has 88 valence electrons. The first-order chi connectivity index (χ1) is 8.11. The summed E-state index contributed by atoms with van der Waals surface area (Å²) in [6.45, 7) is 0. The molecule has 0 aliphatic carbocycles. The van der Waals surface area contributed by atoms with E-state index in [2.05, 4.69) is 4.98 Å². The maximum atomic E-state index is 10.6. The molecular weight excluding hydrogens is 264 g/mol. The lowest BCUT2D eigenvalue weighted by molar-refractivity contribution is -0.380. The zero-order chi connectivity index (χ0) is 12.4. The van der Waals surface area contributed by atoms with Gasteiger partial charge in [-0.2, -0.15) is 0 Å². The monoisotopic (exact) mass is 270 g/mol. The third kappa shape index (κ3) is 2.37. The van der Waals surface area contributed by atoms with Crippen LogP contribution < -0.4 is 4.74 Å². The van der Waals surface area contributed by atoms with E-state index in [0.29, 0.717) is 21.3 Å². The Labute approximate surface area is 106 Å². The Morgan fingerprint density at radius 3 is 2.88 bits per heavy atom. The number of rotatable bonds is 3. The number of hydrogen-bond acceptors (Lipinski definition) is 5. The van der Waals surface area contributed by atoms with Crippen LogP contribution >= 0.6 is 22.9 Å². The van der Waals surface area contributed by atoms with Gasteiger partial charge in [0, 0.05) is 22.6 Å². The second kappa shape index (κ2) is 4.68. The fourth-order valence-electron chi connectivity index (χ4n) is 1.29. The molecule has 0 fully saturated rings. The molecule has 5 nitrogen and oxygen atoms in total. The number of pyridine rings is 1. The van der Waals surface area contributed by atoms with Crippen LogP contribution in [0, 0.1) is 10.1 Å². The molecule has 2 rings (SSSR count). The van der Waals surface area contributed by atoms with Gasteiger partial charge in [-0.25, -0.2) is 4.98 Å². The average Bonchev–Trinajstić information content (AvgIpc) is 2.79. The van der Waals surface area contributed by atoms with Gasteiger partial charge in [-0.1, -0.05) is 22.9 Å². The quantitative estimate of drug-likeness (QED) is 0.633. The summed E-state index contributed by atoms with van der Waals surface area (Å²) >= 11 is 7.06. The average molecular weight is 271 g/mol. The van der Waals surface area contributed by atoms with Crippen molar-refractivity contribution in [3.05, 3.63) is 39.5 Å². The van der Waals surface area contributed by atoms with E-state index in [0.717, 1.165) is 11.3 Å². The molecule has 0 bridgehead atoms. The second-order valence-electron chi connectivity index (χ2n) is 3.10. The Bertz CT molecular complexity index is 570. The van der Waals surface area contributed by atoms with Crippen LogP contribution in [0.2, 0.25) is 5.02 Å². The van der Waals surface area contributed by atoms with Gasteiger partial charge in [-0.05, 0) is 6.07 Å². The van der Waals surface area contributed by atoms with E-state index in [4.69, 9.17) is 16.3 Å². The van der Waals surface area contributed by atoms with Gasteiger partial charge in [0.2, 0.25) is 5.88 Å². The summed E-state index contributed by atoms with van der Waals surface area (Å²) in [7, 11) is 1.50. The molecule has 2 aromatic heterocycles. The lowest BCUT2D eigenvalue weighted by Gasteiger charge is -2.03. The molecule has 0 unspecified atom stereocenters. The molecule has 0 radical (unpaired) electrons. The summed E-state index contributed by atoms with van der Waals surface area (Å²) in [6.07, 6.45) is 1.46. The highest BCUT2D eigenvalue weighted by molar-refractivity contribution is 7.18. The summed E-state index contributed by atoms with van der Waals surface area (Å²) < 4.78 is 4.99. The molecular formula is C10H7ClN2O3S. The maximum absolute atomic E-state index is 10.6. The van der Waals surface area contributed by atoms with Crippen molar-refractivity contribution >= 4 is 27.9 Å². The fourth-order valence-corrected chi connectivity index (χ4v) is 2.40. The van der Waals surface area contributed by atoms with Crippen LogP contribution in [-0.2, 0) is 0 Å². The van der Waals surface area contributed by atoms with Crippen LogP contribution in [0.15, 0.2) is 24.4 Å². The number of ether oxygens (including phenoxy) is 1. The van der Waals surface area contributed by atoms with Crippen molar-refractivity contribution in [2.75, 3.05) is 7.11 Å². The Balaban J connectivity index is 2.47. The number of aromatic nitrogens is 1. The first-order valence-corrected chi connectivity index (χ1v) is 5.75. The molecule has 0 aliphatic heterocycles. The highest BCUT2D eigenvalue weighted by atomic mass is 35.5. The molecule has 0 atom stereocenters. The molecule has 0 aromatic carbocycles. The molecule has 2 aromatic rings. The Hall–Kier alpha value is -1.66. The van der Waals surface area contributed by atoms with Crippen molar-refractivity contribution in [1.82, 2.24) is 4.98 Å². The summed E-state index contributed by atoms with van der Waals surface area (Å²) in [6, 6.07) is 4.75. The molecule has 17 heavy (non-hydrogen) atoms. The van der Waals surface area contributed by atoms with Crippen LogP contribution in [-0.4, -0.2) is 17.0 Å². The van der Waals surface area contributed by atoms with E-state index in [1.54, 1.807) is 12.1 Å². The second-order valence-corrected chi connectivity index (χ2v) is 4.57. The summed E-state index contributed by atoms with van der Waals surface area (Å²) in [5, 5.41) is 11.1. The number of hydrogen-bond donors (Lipinski definition) is 0. The number of nitrogens with zero attached hydrogens (tertiary/aromatic N) is 2. The summed E-state index contributed by atoms with van der Waals surface area (Å²) in [5.74, 6) is 0.417. The zero-order valence-electron chi connectivity index (χ0n) is 8.71. The van der Waals surface area contributed by atoms with Crippen molar-refractivity contribution < 1.29 is 9.66 Å². The standard InChI is InChI=1S/C10H7ClN2O3S/c1-16-9-4-6(7(11)5-12-9)8-2-3-10(17-8)13(14)15/h2-5H,1H3. The number of thiophene rings is 1. The highest BCUT2D eigenvalue weighted by Crippen LogP contribution is 2.37. The Morgan fingerprint density at radius 1 is 1.53 bits per heavy atom. The smallest absolute Gasteiger partial charge is 0.324 e. The molecule has 0 aliphatic rings. The lowest BCUT2D eigenvalue weighted by atomic mass is 10.2. The van der Waals surface area contributed by atoms with Crippen molar-refractivity contribution in [3.63, 3.8) is 0 Å². The van der Waals surface area contributed by atoms with Gasteiger partial charge in [-0.15, -0.1) is 0 Å². The van der Waals surface area contributed by atoms with Gasteiger partial charge in [0.25, 0.3) is 0 Å². The van der Waals surface area contributed by atoms with E-state index >= 15 is 0 Å². The predicted octanol–water partition coefficient (Wildman–Crippen LogP) is 3.38. The van der Waals surface area contributed by atoms with Crippen LogP contribution in [0.5, 0.6) is 5.88 Å². The van der Waals surface area contributed by atoms with Gasteiger partial charge < -0.3 is 4.74 Å². The van der Waals surface area contributed by atoms with Gasteiger partial charge in [0.05, 0.1) is 23.3 Å². The molecule has 0 amide bonds. The molecule has 0 saturated carbocycles. The van der Waals surface area contributed by atoms with Crippen LogP contribution in [0.3, 0.4) is 0 Å². The third-order valence-electron chi connectivity index (χ3n) is 2.08. The summed E-state index contributed by atoms with van der Waals surface area (Å²) in [5.41, 5.74) is 0.677. The molecule has 7 heteroatoms. The first kappa shape index (κ1) is 11.8. The van der Waals surface area contributed by atoms with Crippen molar-refractivity contribution in [2.24, 2.45) is 0 Å². The number of halogens is 1. The minimum absolute atomic E-state index is 0.0758. The van der Waals surface area contributed by atoms with Crippen LogP contribution in [0.4, 0.5) is 5.00 Å². The molecule has 0 spiro atoms. The van der Waals surface area contributed by atoms with Crippen LogP contribution in [0.25, 0.3) is 10.4 Å². The highest BCUT2D eigenvalue weighted by Gasteiger charge is 2.14. The first-order valence-electron chi connectivity index (χ1n) is 4.56. The largest absolute Gasteiger partial charge is 0.481 e. The van der Waals surface area contributed by atoms with Crippen molar-refractivity contribution in [1.29, 1.82) is 0 Å². The van der Waals surface area contributed by atoms with Crippen LogP contribution in [0.1, 0.15) is 0 Å². The normalized spacial score (nSPS) is 10.2. The molecule has 0 saturated heterocycles. The minimum atomic E-state index is -0.430. The van der Waals surface area contributed by atoms with Gasteiger partial charge in [0.1, 0.15) is 0 Å². The van der Waals surface area contributed by atoms with E-state index in [-0.39, 0.29) is 5.00 Å². The van der Waals surface area contributed by atoms with Crippen molar-refractivity contribution in [2.45, 2.75) is 0 Å². The predicted molar refractivity (Wildman–Crippen MR) is 65.8 cm³/mol. The van der Waals surface area contributed by atoms with Crippen molar-refractivity contribution in [3.8, 4) is 16.3 Å². The minimum Gasteiger partial charge on any atom is -0.481 e. The lowest BCUT2D eigenvalue weighted by Crippen LogP contribution is -1.87. The van der Waals surface area contributed by atoms with Gasteiger partial charge in [0.15, 0.2) is 0 Å². The van der Waals surface area contributed by atoms with E-state index in [9.17, 15) is 10.1 Å². The van der Waals surface area contributed by atoms with E-state index in [1.165, 1.54) is 19.4 Å². The fraction of sp³-hybridized carbons (Fsp3) is 0.100. The SMILES string of the molecule is COc1cc(-c2ccc([N+](=O)[O-])s2)c(Cl)cn1.